The molecule has 1 saturated heterocycles. The van der Waals surface area contributed by atoms with Gasteiger partial charge < -0.3 is 10.2 Å². The van der Waals surface area contributed by atoms with Crippen LogP contribution >= 0.6 is 27.3 Å². The standard InChI is InChI=1S/C13H19BrN2OS/c14-12-5-4-11(18-12)10-15-7-6-13(17)16-8-2-1-3-9-16/h4-5,15H,1-3,6-10H2. The summed E-state index contributed by atoms with van der Waals surface area (Å²) < 4.78 is 1.16. The average molecular weight is 331 g/mol. The summed E-state index contributed by atoms with van der Waals surface area (Å²) in [6, 6.07) is 4.16. The van der Waals surface area contributed by atoms with Crippen LogP contribution in [0.1, 0.15) is 30.6 Å². The SMILES string of the molecule is O=C(CCNCc1ccc(Br)s1)N1CCCCC1. The molecular formula is C13H19BrN2OS. The van der Waals surface area contributed by atoms with Crippen LogP contribution < -0.4 is 5.32 Å². The lowest BCUT2D eigenvalue weighted by Crippen LogP contribution is -2.37. The first-order valence-electron chi connectivity index (χ1n) is 6.48. The highest BCUT2D eigenvalue weighted by molar-refractivity contribution is 9.11. The summed E-state index contributed by atoms with van der Waals surface area (Å²) in [6.45, 7) is 3.53. The summed E-state index contributed by atoms with van der Waals surface area (Å²) in [5.74, 6) is 0.301. The third-order valence-electron chi connectivity index (χ3n) is 3.15. The molecule has 1 fully saturated rings. The van der Waals surface area contributed by atoms with Gasteiger partial charge in [-0.15, -0.1) is 11.3 Å². The fourth-order valence-corrected chi connectivity index (χ4v) is 3.61. The number of rotatable bonds is 5. The zero-order chi connectivity index (χ0) is 12.8. The van der Waals surface area contributed by atoms with Crippen molar-refractivity contribution in [3.05, 3.63) is 20.8 Å². The van der Waals surface area contributed by atoms with Crippen molar-refractivity contribution in [2.24, 2.45) is 0 Å². The molecule has 2 rings (SSSR count). The van der Waals surface area contributed by atoms with Crippen LogP contribution in [-0.4, -0.2) is 30.4 Å². The zero-order valence-electron chi connectivity index (χ0n) is 10.5. The van der Waals surface area contributed by atoms with Crippen molar-refractivity contribution in [2.75, 3.05) is 19.6 Å². The number of thiophene rings is 1. The average Bonchev–Trinajstić information content (AvgIpc) is 2.81. The molecule has 18 heavy (non-hydrogen) atoms. The number of piperidine rings is 1. The minimum atomic E-state index is 0.301. The number of hydrogen-bond donors (Lipinski definition) is 1. The van der Waals surface area contributed by atoms with Gasteiger partial charge in [0.05, 0.1) is 3.79 Å². The minimum Gasteiger partial charge on any atom is -0.343 e. The number of halogens is 1. The van der Waals surface area contributed by atoms with Crippen molar-refractivity contribution in [3.8, 4) is 0 Å². The van der Waals surface area contributed by atoms with E-state index in [2.05, 4.69) is 33.4 Å². The number of carbonyl (C=O) groups excluding carboxylic acids is 1. The molecule has 0 aliphatic carbocycles. The molecule has 1 aromatic rings. The van der Waals surface area contributed by atoms with Gasteiger partial charge in [-0.25, -0.2) is 0 Å². The molecule has 3 nitrogen and oxygen atoms in total. The smallest absolute Gasteiger partial charge is 0.223 e. The largest absolute Gasteiger partial charge is 0.343 e. The molecule has 0 unspecified atom stereocenters. The Hall–Kier alpha value is -0.390. The Morgan fingerprint density at radius 3 is 2.78 bits per heavy atom. The molecule has 5 heteroatoms. The number of amides is 1. The van der Waals surface area contributed by atoms with E-state index in [1.807, 2.05) is 4.90 Å². The van der Waals surface area contributed by atoms with Gasteiger partial charge in [0.1, 0.15) is 0 Å². The van der Waals surface area contributed by atoms with Gasteiger partial charge in [0.15, 0.2) is 0 Å². The molecule has 1 aromatic heterocycles. The van der Waals surface area contributed by atoms with Crippen LogP contribution in [0, 0.1) is 0 Å². The maximum absolute atomic E-state index is 11.9. The Morgan fingerprint density at radius 2 is 2.11 bits per heavy atom. The summed E-state index contributed by atoms with van der Waals surface area (Å²) in [5.41, 5.74) is 0. The molecule has 1 aliphatic heterocycles. The van der Waals surface area contributed by atoms with Crippen LogP contribution in [0.3, 0.4) is 0 Å². The second-order valence-corrected chi connectivity index (χ2v) is 7.12. The van der Waals surface area contributed by atoms with Crippen molar-refractivity contribution >= 4 is 33.2 Å². The monoisotopic (exact) mass is 330 g/mol. The van der Waals surface area contributed by atoms with E-state index in [4.69, 9.17) is 0 Å². The van der Waals surface area contributed by atoms with Crippen molar-refractivity contribution in [1.29, 1.82) is 0 Å². The van der Waals surface area contributed by atoms with Gasteiger partial charge in [-0.1, -0.05) is 0 Å². The summed E-state index contributed by atoms with van der Waals surface area (Å²) in [6.07, 6.45) is 4.23. The minimum absolute atomic E-state index is 0.301. The third-order valence-corrected chi connectivity index (χ3v) is 4.78. The molecule has 0 saturated carbocycles. The number of carbonyl (C=O) groups is 1. The fourth-order valence-electron chi connectivity index (χ4n) is 2.16. The second-order valence-electron chi connectivity index (χ2n) is 4.57. The normalized spacial score (nSPS) is 15.9. The Kier molecular flexibility index (Phi) is 5.66. The molecule has 100 valence electrons. The zero-order valence-corrected chi connectivity index (χ0v) is 12.9. The molecule has 0 aromatic carbocycles. The summed E-state index contributed by atoms with van der Waals surface area (Å²) >= 11 is 5.18. The first-order valence-corrected chi connectivity index (χ1v) is 8.09. The summed E-state index contributed by atoms with van der Waals surface area (Å²) in [5, 5.41) is 3.33. The van der Waals surface area contributed by atoms with E-state index in [0.717, 1.165) is 30.0 Å². The Balaban J connectivity index is 1.61. The Morgan fingerprint density at radius 1 is 1.33 bits per heavy atom. The highest BCUT2D eigenvalue weighted by Gasteiger charge is 2.15. The first kappa shape index (κ1) is 14.0. The predicted octanol–water partition coefficient (Wildman–Crippen LogP) is 3.00. The number of hydrogen-bond acceptors (Lipinski definition) is 3. The molecule has 2 heterocycles. The number of nitrogens with one attached hydrogen (secondary N) is 1. The van der Waals surface area contributed by atoms with Crippen LogP contribution in [0.15, 0.2) is 15.9 Å². The quantitative estimate of drug-likeness (QED) is 0.842. The highest BCUT2D eigenvalue weighted by atomic mass is 79.9. The lowest BCUT2D eigenvalue weighted by Gasteiger charge is -2.26. The van der Waals surface area contributed by atoms with E-state index in [0.29, 0.717) is 12.3 Å². The Labute approximate surface area is 121 Å². The lowest BCUT2D eigenvalue weighted by molar-refractivity contribution is -0.131. The Bertz CT molecular complexity index is 388. The van der Waals surface area contributed by atoms with Crippen LogP contribution in [0.25, 0.3) is 0 Å². The van der Waals surface area contributed by atoms with E-state index in [-0.39, 0.29) is 0 Å². The predicted molar refractivity (Wildman–Crippen MR) is 78.8 cm³/mol. The van der Waals surface area contributed by atoms with Crippen molar-refractivity contribution in [1.82, 2.24) is 10.2 Å². The molecule has 1 amide bonds. The van der Waals surface area contributed by atoms with Crippen molar-refractivity contribution in [3.63, 3.8) is 0 Å². The topological polar surface area (TPSA) is 32.3 Å². The van der Waals surface area contributed by atoms with E-state index < -0.39 is 0 Å². The van der Waals surface area contributed by atoms with Crippen molar-refractivity contribution in [2.45, 2.75) is 32.2 Å². The van der Waals surface area contributed by atoms with Crippen LogP contribution in [0.4, 0.5) is 0 Å². The molecule has 0 atom stereocenters. The van der Waals surface area contributed by atoms with Crippen LogP contribution in [0.5, 0.6) is 0 Å². The molecular weight excluding hydrogens is 312 g/mol. The maximum atomic E-state index is 11.9. The van der Waals surface area contributed by atoms with Gasteiger partial charge in [0, 0.05) is 37.5 Å². The third kappa shape index (κ3) is 4.37. The van der Waals surface area contributed by atoms with Crippen LogP contribution in [0.2, 0.25) is 0 Å². The molecule has 1 N–H and O–H groups in total. The van der Waals surface area contributed by atoms with Gasteiger partial charge in [0.2, 0.25) is 5.91 Å². The van der Waals surface area contributed by atoms with E-state index in [9.17, 15) is 4.79 Å². The van der Waals surface area contributed by atoms with Gasteiger partial charge >= 0.3 is 0 Å². The van der Waals surface area contributed by atoms with Gasteiger partial charge in [-0.2, -0.15) is 0 Å². The number of nitrogens with zero attached hydrogens (tertiary/aromatic N) is 1. The fraction of sp³-hybridized carbons (Fsp3) is 0.615. The van der Waals surface area contributed by atoms with E-state index in [1.165, 1.54) is 24.1 Å². The van der Waals surface area contributed by atoms with E-state index in [1.54, 1.807) is 11.3 Å². The maximum Gasteiger partial charge on any atom is 0.223 e. The van der Waals surface area contributed by atoms with Crippen molar-refractivity contribution < 1.29 is 4.79 Å². The lowest BCUT2D eigenvalue weighted by atomic mass is 10.1. The molecule has 0 bridgehead atoms. The summed E-state index contributed by atoms with van der Waals surface area (Å²) in [7, 11) is 0. The second kappa shape index (κ2) is 7.26. The summed E-state index contributed by atoms with van der Waals surface area (Å²) in [4.78, 5) is 15.2. The highest BCUT2D eigenvalue weighted by Crippen LogP contribution is 2.21. The van der Waals surface area contributed by atoms with Crippen LogP contribution in [-0.2, 0) is 11.3 Å². The molecule has 0 spiro atoms. The first-order chi connectivity index (χ1) is 8.75. The molecule has 1 aliphatic rings. The van der Waals surface area contributed by atoms with Gasteiger partial charge in [0.25, 0.3) is 0 Å². The molecule has 0 radical (unpaired) electrons. The van der Waals surface area contributed by atoms with Gasteiger partial charge in [-0.05, 0) is 47.3 Å². The van der Waals surface area contributed by atoms with E-state index >= 15 is 0 Å². The van der Waals surface area contributed by atoms with Gasteiger partial charge in [-0.3, -0.25) is 4.79 Å². The number of likely N-dealkylation sites (tertiary alicyclic amines) is 1.